The summed E-state index contributed by atoms with van der Waals surface area (Å²) in [6, 6.07) is 3.50. The summed E-state index contributed by atoms with van der Waals surface area (Å²) in [6.07, 6.45) is -1.68. The normalized spacial score (nSPS) is 11.3. The van der Waals surface area contributed by atoms with Crippen molar-refractivity contribution in [2.24, 2.45) is 0 Å². The minimum atomic E-state index is -4.51. The van der Waals surface area contributed by atoms with Gasteiger partial charge in [0, 0.05) is 11.6 Å². The molecule has 1 aromatic carbocycles. The monoisotopic (exact) mass is 316 g/mol. The van der Waals surface area contributed by atoms with Gasteiger partial charge in [0.05, 0.1) is 23.6 Å². The summed E-state index contributed by atoms with van der Waals surface area (Å²) in [6.45, 7) is 2.51. The summed E-state index contributed by atoms with van der Waals surface area (Å²) in [7, 11) is 0. The Labute approximate surface area is 124 Å². The number of alkyl halides is 3. The molecule has 0 saturated heterocycles. The molecule has 0 bridgehead atoms. The van der Waals surface area contributed by atoms with Crippen LogP contribution in [0.4, 0.5) is 30.5 Å². The van der Waals surface area contributed by atoms with Crippen LogP contribution in [0.2, 0.25) is 5.02 Å². The van der Waals surface area contributed by atoms with E-state index in [0.717, 1.165) is 6.07 Å². The van der Waals surface area contributed by atoms with Crippen molar-refractivity contribution in [3.63, 3.8) is 0 Å². The van der Waals surface area contributed by atoms with E-state index in [2.05, 4.69) is 20.6 Å². The summed E-state index contributed by atoms with van der Waals surface area (Å²) in [5, 5.41) is 5.56. The molecule has 0 atom stereocenters. The molecule has 2 N–H and O–H groups in total. The van der Waals surface area contributed by atoms with Crippen molar-refractivity contribution in [2.45, 2.75) is 13.1 Å². The summed E-state index contributed by atoms with van der Waals surface area (Å²) in [4.78, 5) is 8.03. The van der Waals surface area contributed by atoms with E-state index in [4.69, 9.17) is 11.6 Å². The summed E-state index contributed by atoms with van der Waals surface area (Å²) < 4.78 is 39.0. The van der Waals surface area contributed by atoms with E-state index in [1.165, 1.54) is 24.5 Å². The van der Waals surface area contributed by atoms with Gasteiger partial charge in [-0.05, 0) is 25.1 Å². The van der Waals surface area contributed by atoms with Crippen LogP contribution < -0.4 is 10.6 Å². The molecule has 2 aromatic rings. The Bertz CT molecular complexity index is 631. The first-order chi connectivity index (χ1) is 9.90. The lowest BCUT2D eigenvalue weighted by Gasteiger charge is -2.14. The van der Waals surface area contributed by atoms with Crippen LogP contribution in [0, 0.1) is 0 Å². The van der Waals surface area contributed by atoms with Gasteiger partial charge in [0.2, 0.25) is 0 Å². The first-order valence-electron chi connectivity index (χ1n) is 6.10. The highest BCUT2D eigenvalue weighted by Gasteiger charge is 2.33. The third kappa shape index (κ3) is 3.98. The summed E-state index contributed by atoms with van der Waals surface area (Å²) in [5.74, 6) is 0.686. The van der Waals surface area contributed by atoms with Crippen LogP contribution in [-0.2, 0) is 6.18 Å². The van der Waals surface area contributed by atoms with Gasteiger partial charge in [0.25, 0.3) is 0 Å². The molecule has 1 aromatic heterocycles. The zero-order valence-corrected chi connectivity index (χ0v) is 11.8. The minimum Gasteiger partial charge on any atom is -0.369 e. The van der Waals surface area contributed by atoms with Crippen molar-refractivity contribution in [1.29, 1.82) is 0 Å². The second-order valence-electron chi connectivity index (χ2n) is 4.13. The molecule has 21 heavy (non-hydrogen) atoms. The van der Waals surface area contributed by atoms with Gasteiger partial charge in [-0.1, -0.05) is 11.6 Å². The molecule has 1 heterocycles. The zero-order chi connectivity index (χ0) is 15.5. The molecule has 8 heteroatoms. The van der Waals surface area contributed by atoms with Gasteiger partial charge in [-0.15, -0.1) is 0 Å². The number of rotatable bonds is 4. The molecular formula is C13H12ClF3N4. The molecule has 0 unspecified atom stereocenters. The number of hydrogen-bond acceptors (Lipinski definition) is 4. The number of hydrogen-bond donors (Lipinski definition) is 2. The van der Waals surface area contributed by atoms with E-state index in [1.807, 2.05) is 6.92 Å². The van der Waals surface area contributed by atoms with Crippen molar-refractivity contribution in [2.75, 3.05) is 17.2 Å². The fraction of sp³-hybridized carbons (Fsp3) is 0.231. The Balaban J connectivity index is 2.33. The van der Waals surface area contributed by atoms with Gasteiger partial charge in [0.1, 0.15) is 5.82 Å². The lowest BCUT2D eigenvalue weighted by Crippen LogP contribution is -2.10. The Morgan fingerprint density at radius 2 is 1.90 bits per heavy atom. The van der Waals surface area contributed by atoms with Gasteiger partial charge >= 0.3 is 6.18 Å². The maximum atomic E-state index is 13.0. The Hall–Kier alpha value is -2.02. The molecule has 2 rings (SSSR count). The lowest BCUT2D eigenvalue weighted by atomic mass is 10.1. The van der Waals surface area contributed by atoms with Crippen LogP contribution in [-0.4, -0.2) is 16.5 Å². The average molecular weight is 317 g/mol. The fourth-order valence-corrected chi connectivity index (χ4v) is 1.86. The standard InChI is InChI=1S/C13H12ClF3N4/c1-2-19-11-6-18-7-12(21-11)20-10-4-3-8(14)5-9(10)13(15,16)17/h3-7H,2H2,1H3,(H2,19,20,21). The van der Waals surface area contributed by atoms with Crippen LogP contribution >= 0.6 is 11.6 Å². The topological polar surface area (TPSA) is 49.8 Å². The predicted octanol–water partition coefficient (Wildman–Crippen LogP) is 4.32. The van der Waals surface area contributed by atoms with Crippen molar-refractivity contribution in [1.82, 2.24) is 9.97 Å². The second-order valence-corrected chi connectivity index (χ2v) is 4.57. The first kappa shape index (κ1) is 15.4. The van der Waals surface area contributed by atoms with Crippen molar-refractivity contribution >= 4 is 28.9 Å². The largest absolute Gasteiger partial charge is 0.418 e. The number of nitrogens with zero attached hydrogens (tertiary/aromatic N) is 2. The zero-order valence-electron chi connectivity index (χ0n) is 11.0. The van der Waals surface area contributed by atoms with Crippen LogP contribution in [0.3, 0.4) is 0 Å². The van der Waals surface area contributed by atoms with Gasteiger partial charge in [-0.2, -0.15) is 13.2 Å². The maximum absolute atomic E-state index is 13.0. The lowest BCUT2D eigenvalue weighted by molar-refractivity contribution is -0.136. The van der Waals surface area contributed by atoms with E-state index < -0.39 is 11.7 Å². The van der Waals surface area contributed by atoms with Gasteiger partial charge in [-0.3, -0.25) is 4.98 Å². The smallest absolute Gasteiger partial charge is 0.369 e. The van der Waals surface area contributed by atoms with Gasteiger partial charge in [0.15, 0.2) is 5.82 Å². The predicted molar refractivity (Wildman–Crippen MR) is 75.9 cm³/mol. The van der Waals surface area contributed by atoms with Crippen molar-refractivity contribution < 1.29 is 13.2 Å². The van der Waals surface area contributed by atoms with Crippen LogP contribution in [0.15, 0.2) is 30.6 Å². The highest BCUT2D eigenvalue weighted by atomic mass is 35.5. The van der Waals surface area contributed by atoms with Crippen molar-refractivity contribution in [3.05, 3.63) is 41.2 Å². The molecule has 112 valence electrons. The molecule has 0 aliphatic rings. The molecule has 0 aliphatic heterocycles. The number of aromatic nitrogens is 2. The van der Waals surface area contributed by atoms with Crippen LogP contribution in [0.1, 0.15) is 12.5 Å². The Kier molecular flexibility index (Phi) is 4.52. The Morgan fingerprint density at radius 1 is 1.19 bits per heavy atom. The third-order valence-electron chi connectivity index (χ3n) is 2.54. The molecule has 0 amide bonds. The molecular weight excluding hydrogens is 305 g/mol. The van der Waals surface area contributed by atoms with E-state index in [9.17, 15) is 13.2 Å². The minimum absolute atomic E-state index is 0.0142. The maximum Gasteiger partial charge on any atom is 0.418 e. The first-order valence-corrected chi connectivity index (χ1v) is 6.47. The fourth-order valence-electron chi connectivity index (χ4n) is 1.69. The summed E-state index contributed by atoms with van der Waals surface area (Å²) in [5.41, 5.74) is -0.986. The van der Waals surface area contributed by atoms with Crippen LogP contribution in [0.5, 0.6) is 0 Å². The molecule has 0 saturated carbocycles. The number of halogens is 4. The van der Waals surface area contributed by atoms with E-state index >= 15 is 0 Å². The highest BCUT2D eigenvalue weighted by molar-refractivity contribution is 6.30. The number of benzene rings is 1. The molecule has 4 nitrogen and oxygen atoms in total. The van der Waals surface area contributed by atoms with E-state index in [-0.39, 0.29) is 16.5 Å². The number of anilines is 3. The number of nitrogens with one attached hydrogen (secondary N) is 2. The van der Waals surface area contributed by atoms with Gasteiger partial charge < -0.3 is 10.6 Å². The molecule has 0 aliphatic carbocycles. The van der Waals surface area contributed by atoms with Crippen molar-refractivity contribution in [3.8, 4) is 0 Å². The average Bonchev–Trinajstić information content (AvgIpc) is 2.40. The highest BCUT2D eigenvalue weighted by Crippen LogP contribution is 2.37. The molecule has 0 spiro atoms. The third-order valence-corrected chi connectivity index (χ3v) is 2.78. The summed E-state index contributed by atoms with van der Waals surface area (Å²) >= 11 is 5.63. The Morgan fingerprint density at radius 3 is 2.57 bits per heavy atom. The van der Waals surface area contributed by atoms with E-state index in [1.54, 1.807) is 0 Å². The molecule has 0 radical (unpaired) electrons. The quantitative estimate of drug-likeness (QED) is 0.881. The van der Waals surface area contributed by atoms with Crippen LogP contribution in [0.25, 0.3) is 0 Å². The SMILES string of the molecule is CCNc1cncc(Nc2ccc(Cl)cc2C(F)(F)F)n1. The van der Waals surface area contributed by atoms with E-state index in [0.29, 0.717) is 12.4 Å². The van der Waals surface area contributed by atoms with Gasteiger partial charge in [-0.25, -0.2) is 4.98 Å². The second kappa shape index (κ2) is 6.17. The molecule has 0 fully saturated rings.